The first-order valence-electron chi connectivity index (χ1n) is 4.82. The van der Waals surface area contributed by atoms with Gasteiger partial charge in [-0.05, 0) is 26.9 Å². The third-order valence-electron chi connectivity index (χ3n) is 2.59. The predicted octanol–water partition coefficient (Wildman–Crippen LogP) is -0.284. The number of hydrogen-bond donors (Lipinski definition) is 1. The van der Waals surface area contributed by atoms with Crippen molar-refractivity contribution >= 4 is 6.29 Å². The highest BCUT2D eigenvalue weighted by molar-refractivity contribution is 5.51. The quantitative estimate of drug-likeness (QED) is 0.611. The average Bonchev–Trinajstić information content (AvgIpc) is 2.15. The SMILES string of the molecule is CN(C)C1CCN(NCC=O)CC1. The molecule has 1 saturated heterocycles. The van der Waals surface area contributed by atoms with E-state index in [1.54, 1.807) is 0 Å². The van der Waals surface area contributed by atoms with E-state index < -0.39 is 0 Å². The summed E-state index contributed by atoms with van der Waals surface area (Å²) >= 11 is 0. The van der Waals surface area contributed by atoms with Gasteiger partial charge >= 0.3 is 0 Å². The summed E-state index contributed by atoms with van der Waals surface area (Å²) in [6.45, 7) is 2.51. The summed E-state index contributed by atoms with van der Waals surface area (Å²) in [6, 6.07) is 0.703. The Bertz CT molecular complexity index is 153. The fraction of sp³-hybridized carbons (Fsp3) is 0.889. The van der Waals surface area contributed by atoms with Crippen molar-refractivity contribution in [2.45, 2.75) is 18.9 Å². The summed E-state index contributed by atoms with van der Waals surface area (Å²) in [5.41, 5.74) is 3.08. The van der Waals surface area contributed by atoms with Gasteiger partial charge in [-0.25, -0.2) is 10.4 Å². The average molecular weight is 185 g/mol. The molecular formula is C9H19N3O. The third kappa shape index (κ3) is 3.42. The molecule has 0 bridgehead atoms. The fourth-order valence-electron chi connectivity index (χ4n) is 1.71. The molecule has 1 heterocycles. The first-order valence-corrected chi connectivity index (χ1v) is 4.82. The number of carbonyl (C=O) groups excluding carboxylic acids is 1. The van der Waals surface area contributed by atoms with E-state index in [1.807, 2.05) is 0 Å². The summed E-state index contributed by atoms with van der Waals surface area (Å²) in [6.07, 6.45) is 3.26. The van der Waals surface area contributed by atoms with Crippen LogP contribution in [0, 0.1) is 0 Å². The number of aldehydes is 1. The van der Waals surface area contributed by atoms with Crippen LogP contribution in [-0.2, 0) is 4.79 Å². The number of piperidine rings is 1. The second-order valence-corrected chi connectivity index (χ2v) is 3.71. The third-order valence-corrected chi connectivity index (χ3v) is 2.59. The second kappa shape index (κ2) is 5.32. The molecule has 1 N–H and O–H groups in total. The van der Waals surface area contributed by atoms with Crippen molar-refractivity contribution < 1.29 is 4.79 Å². The minimum Gasteiger partial charge on any atom is -0.306 e. The largest absolute Gasteiger partial charge is 0.306 e. The lowest BCUT2D eigenvalue weighted by molar-refractivity contribution is -0.108. The molecule has 76 valence electrons. The van der Waals surface area contributed by atoms with Gasteiger partial charge in [0.1, 0.15) is 6.29 Å². The molecule has 1 aliphatic rings. The number of carbonyl (C=O) groups is 1. The molecule has 13 heavy (non-hydrogen) atoms. The molecule has 4 nitrogen and oxygen atoms in total. The van der Waals surface area contributed by atoms with E-state index in [-0.39, 0.29) is 0 Å². The predicted molar refractivity (Wildman–Crippen MR) is 52.3 cm³/mol. The van der Waals surface area contributed by atoms with Crippen LogP contribution < -0.4 is 5.43 Å². The van der Waals surface area contributed by atoms with Crippen LogP contribution in [0.5, 0.6) is 0 Å². The highest BCUT2D eigenvalue weighted by atomic mass is 16.1. The molecule has 0 aromatic carbocycles. The van der Waals surface area contributed by atoms with Crippen molar-refractivity contribution in [3.63, 3.8) is 0 Å². The van der Waals surface area contributed by atoms with E-state index in [4.69, 9.17) is 0 Å². The first-order chi connectivity index (χ1) is 6.24. The molecule has 4 heteroatoms. The zero-order valence-electron chi connectivity index (χ0n) is 8.49. The maximum Gasteiger partial charge on any atom is 0.135 e. The molecule has 0 aromatic rings. The Balaban J connectivity index is 2.18. The fourth-order valence-corrected chi connectivity index (χ4v) is 1.71. The van der Waals surface area contributed by atoms with Crippen LogP contribution in [0.3, 0.4) is 0 Å². The zero-order chi connectivity index (χ0) is 9.68. The molecule has 0 saturated carbocycles. The van der Waals surface area contributed by atoms with Crippen LogP contribution >= 0.6 is 0 Å². The lowest BCUT2D eigenvalue weighted by Crippen LogP contribution is -2.48. The maximum absolute atomic E-state index is 10.1. The smallest absolute Gasteiger partial charge is 0.135 e. The van der Waals surface area contributed by atoms with E-state index in [9.17, 15) is 4.79 Å². The summed E-state index contributed by atoms with van der Waals surface area (Å²) in [5.74, 6) is 0. The molecule has 0 unspecified atom stereocenters. The van der Waals surface area contributed by atoms with Crippen LogP contribution in [0.1, 0.15) is 12.8 Å². The van der Waals surface area contributed by atoms with Gasteiger partial charge in [0.05, 0.1) is 6.54 Å². The molecule has 1 aliphatic heterocycles. The molecule has 1 fully saturated rings. The van der Waals surface area contributed by atoms with E-state index in [2.05, 4.69) is 29.4 Å². The normalized spacial score (nSPS) is 20.8. The van der Waals surface area contributed by atoms with Crippen LogP contribution in [0.2, 0.25) is 0 Å². The van der Waals surface area contributed by atoms with Gasteiger partial charge in [0.25, 0.3) is 0 Å². The van der Waals surface area contributed by atoms with Crippen molar-refractivity contribution in [1.82, 2.24) is 15.3 Å². The second-order valence-electron chi connectivity index (χ2n) is 3.71. The van der Waals surface area contributed by atoms with Gasteiger partial charge in [0, 0.05) is 19.1 Å². The molecule has 0 aliphatic carbocycles. The Hall–Kier alpha value is -0.450. The van der Waals surface area contributed by atoms with Gasteiger partial charge in [-0.2, -0.15) is 0 Å². The number of hydrazine groups is 1. The van der Waals surface area contributed by atoms with E-state index in [0.717, 1.165) is 19.4 Å². The topological polar surface area (TPSA) is 35.6 Å². The standard InChI is InChI=1S/C9H19N3O/c1-11(2)9-3-6-12(7-4-9)10-5-8-13/h8-10H,3-7H2,1-2H3. The van der Waals surface area contributed by atoms with E-state index in [0.29, 0.717) is 12.6 Å². The number of nitrogens with one attached hydrogen (secondary N) is 1. The van der Waals surface area contributed by atoms with Crippen LogP contribution in [0.25, 0.3) is 0 Å². The van der Waals surface area contributed by atoms with Crippen LogP contribution in [0.4, 0.5) is 0 Å². The zero-order valence-corrected chi connectivity index (χ0v) is 8.49. The highest BCUT2D eigenvalue weighted by Crippen LogP contribution is 2.11. The van der Waals surface area contributed by atoms with Crippen molar-refractivity contribution in [3.05, 3.63) is 0 Å². The van der Waals surface area contributed by atoms with Crippen molar-refractivity contribution in [2.75, 3.05) is 33.7 Å². The summed E-state index contributed by atoms with van der Waals surface area (Å²) in [5, 5.41) is 2.13. The van der Waals surface area contributed by atoms with Gasteiger partial charge in [0.2, 0.25) is 0 Å². The lowest BCUT2D eigenvalue weighted by Gasteiger charge is -2.34. The first kappa shape index (κ1) is 10.6. The molecule has 0 radical (unpaired) electrons. The Morgan fingerprint density at radius 3 is 2.54 bits per heavy atom. The maximum atomic E-state index is 10.1. The van der Waals surface area contributed by atoms with Gasteiger partial charge in [0.15, 0.2) is 0 Å². The highest BCUT2D eigenvalue weighted by Gasteiger charge is 2.19. The van der Waals surface area contributed by atoms with Crippen molar-refractivity contribution in [2.24, 2.45) is 0 Å². The Morgan fingerprint density at radius 2 is 2.08 bits per heavy atom. The monoisotopic (exact) mass is 185 g/mol. The van der Waals surface area contributed by atoms with E-state index in [1.165, 1.54) is 12.8 Å². The summed E-state index contributed by atoms with van der Waals surface area (Å²) in [4.78, 5) is 12.4. The minimum absolute atomic E-state index is 0.437. The summed E-state index contributed by atoms with van der Waals surface area (Å²) < 4.78 is 0. The molecular weight excluding hydrogens is 166 g/mol. The van der Waals surface area contributed by atoms with E-state index >= 15 is 0 Å². The Labute approximate surface area is 79.9 Å². The molecule has 0 amide bonds. The van der Waals surface area contributed by atoms with Crippen LogP contribution in [-0.4, -0.2) is 56.0 Å². The molecule has 0 atom stereocenters. The number of rotatable bonds is 4. The van der Waals surface area contributed by atoms with Gasteiger partial charge in [-0.3, -0.25) is 0 Å². The lowest BCUT2D eigenvalue weighted by atomic mass is 10.1. The van der Waals surface area contributed by atoms with Gasteiger partial charge in [-0.15, -0.1) is 0 Å². The van der Waals surface area contributed by atoms with Crippen molar-refractivity contribution in [3.8, 4) is 0 Å². The number of nitrogens with zero attached hydrogens (tertiary/aromatic N) is 2. The van der Waals surface area contributed by atoms with Gasteiger partial charge in [-0.1, -0.05) is 0 Å². The van der Waals surface area contributed by atoms with Crippen molar-refractivity contribution in [1.29, 1.82) is 0 Å². The molecule has 1 rings (SSSR count). The Morgan fingerprint density at radius 1 is 1.46 bits per heavy atom. The minimum atomic E-state index is 0.437. The van der Waals surface area contributed by atoms with Crippen LogP contribution in [0.15, 0.2) is 0 Å². The molecule has 0 aromatic heterocycles. The summed E-state index contributed by atoms with van der Waals surface area (Å²) in [7, 11) is 4.25. The number of hydrogen-bond acceptors (Lipinski definition) is 4. The Kier molecular flexibility index (Phi) is 4.35. The molecule has 0 spiro atoms. The van der Waals surface area contributed by atoms with Gasteiger partial charge < -0.3 is 9.69 Å².